The smallest absolute Gasteiger partial charge is 0.227 e. The van der Waals surface area contributed by atoms with Gasteiger partial charge in [0.05, 0.1) is 32.3 Å². The van der Waals surface area contributed by atoms with Crippen LogP contribution < -0.4 is 9.47 Å². The number of nitriles is 1. The molecule has 0 saturated carbocycles. The number of nitrogens with zero attached hydrogens (tertiary/aromatic N) is 2. The van der Waals surface area contributed by atoms with Crippen LogP contribution in [0.5, 0.6) is 11.5 Å². The van der Waals surface area contributed by atoms with E-state index in [0.29, 0.717) is 23.6 Å². The molecule has 0 aromatic heterocycles. The number of likely N-dealkylation sites (N-methyl/N-ethyl adjacent to an activating group) is 1. The molecular weight excluding hydrogens is 304 g/mol. The first-order valence-electron chi connectivity index (χ1n) is 7.51. The average molecular weight is 324 g/mol. The Morgan fingerprint density at radius 1 is 1.12 bits per heavy atom. The van der Waals surface area contributed by atoms with E-state index in [2.05, 4.69) is 6.07 Å². The summed E-state index contributed by atoms with van der Waals surface area (Å²) in [6, 6.07) is 14.7. The van der Waals surface area contributed by atoms with Gasteiger partial charge in [-0.1, -0.05) is 12.1 Å². The zero-order chi connectivity index (χ0) is 17.5. The van der Waals surface area contributed by atoms with Gasteiger partial charge in [-0.05, 0) is 35.9 Å². The van der Waals surface area contributed by atoms with Gasteiger partial charge in [0.2, 0.25) is 5.91 Å². The number of rotatable bonds is 6. The monoisotopic (exact) mass is 324 g/mol. The Kier molecular flexibility index (Phi) is 5.80. The summed E-state index contributed by atoms with van der Waals surface area (Å²) >= 11 is 0. The molecule has 0 unspecified atom stereocenters. The minimum atomic E-state index is -0.0223. The van der Waals surface area contributed by atoms with Gasteiger partial charge in [0.25, 0.3) is 0 Å². The Hall–Kier alpha value is -3.00. The van der Waals surface area contributed by atoms with E-state index in [0.717, 1.165) is 11.1 Å². The Labute approximate surface area is 142 Å². The fourth-order valence-corrected chi connectivity index (χ4v) is 2.36. The summed E-state index contributed by atoms with van der Waals surface area (Å²) in [5.74, 6) is 1.33. The second kappa shape index (κ2) is 8.02. The molecule has 1 amide bonds. The molecule has 0 aliphatic rings. The van der Waals surface area contributed by atoms with Gasteiger partial charge < -0.3 is 14.4 Å². The summed E-state index contributed by atoms with van der Waals surface area (Å²) in [5.41, 5.74) is 2.37. The molecule has 2 rings (SSSR count). The molecule has 24 heavy (non-hydrogen) atoms. The molecule has 0 radical (unpaired) electrons. The van der Waals surface area contributed by atoms with Crippen LogP contribution >= 0.6 is 0 Å². The maximum Gasteiger partial charge on any atom is 0.227 e. The van der Waals surface area contributed by atoms with Gasteiger partial charge in [-0.25, -0.2) is 0 Å². The third-order valence-corrected chi connectivity index (χ3v) is 3.76. The number of ether oxygens (including phenoxy) is 2. The van der Waals surface area contributed by atoms with Crippen LogP contribution in [0.25, 0.3) is 0 Å². The molecule has 5 heteroatoms. The highest BCUT2D eigenvalue weighted by atomic mass is 16.5. The van der Waals surface area contributed by atoms with E-state index in [-0.39, 0.29) is 12.3 Å². The highest BCUT2D eigenvalue weighted by Crippen LogP contribution is 2.24. The number of carbonyl (C=O) groups is 1. The van der Waals surface area contributed by atoms with Crippen LogP contribution in [0.2, 0.25) is 0 Å². The number of methoxy groups -OCH3 is 2. The van der Waals surface area contributed by atoms with E-state index in [1.54, 1.807) is 50.4 Å². The first kappa shape index (κ1) is 17.4. The summed E-state index contributed by atoms with van der Waals surface area (Å²) in [6.45, 7) is 0.483. The predicted octanol–water partition coefficient (Wildman–Crippen LogP) is 2.78. The SMILES string of the molecule is COc1ccc(OC)c(CC(=O)N(C)Cc2ccc(C#N)cc2)c1. The average Bonchev–Trinajstić information content (AvgIpc) is 2.62. The predicted molar refractivity (Wildman–Crippen MR) is 90.9 cm³/mol. The number of amides is 1. The van der Waals surface area contributed by atoms with Crippen molar-refractivity contribution >= 4 is 5.91 Å². The number of hydrogen-bond donors (Lipinski definition) is 0. The Morgan fingerprint density at radius 2 is 1.83 bits per heavy atom. The standard InChI is InChI=1S/C19H20N2O3/c1-21(13-15-6-4-14(12-20)5-7-15)19(22)11-16-10-17(23-2)8-9-18(16)24-3/h4-10H,11,13H2,1-3H3. The van der Waals surface area contributed by atoms with E-state index >= 15 is 0 Å². The molecule has 0 spiro atoms. The maximum absolute atomic E-state index is 12.5. The van der Waals surface area contributed by atoms with Gasteiger partial charge in [-0.2, -0.15) is 5.26 Å². The molecule has 2 aromatic carbocycles. The summed E-state index contributed by atoms with van der Waals surface area (Å²) in [7, 11) is 4.92. The van der Waals surface area contributed by atoms with Gasteiger partial charge in [0.1, 0.15) is 11.5 Å². The fourth-order valence-electron chi connectivity index (χ4n) is 2.36. The normalized spacial score (nSPS) is 9.92. The third-order valence-electron chi connectivity index (χ3n) is 3.76. The molecule has 0 aliphatic carbocycles. The summed E-state index contributed by atoms with van der Waals surface area (Å²) in [6.07, 6.45) is 0.229. The Morgan fingerprint density at radius 3 is 2.42 bits per heavy atom. The molecule has 2 aromatic rings. The highest BCUT2D eigenvalue weighted by Gasteiger charge is 2.14. The molecular formula is C19H20N2O3. The van der Waals surface area contributed by atoms with Crippen molar-refractivity contribution in [2.24, 2.45) is 0 Å². The van der Waals surface area contributed by atoms with E-state index < -0.39 is 0 Å². The lowest BCUT2D eigenvalue weighted by molar-refractivity contribution is -0.129. The van der Waals surface area contributed by atoms with Gasteiger partial charge in [-0.3, -0.25) is 4.79 Å². The van der Waals surface area contributed by atoms with Crippen LogP contribution in [0.3, 0.4) is 0 Å². The zero-order valence-electron chi connectivity index (χ0n) is 14.1. The fraction of sp³-hybridized carbons (Fsp3) is 0.263. The van der Waals surface area contributed by atoms with Crippen molar-refractivity contribution in [3.05, 3.63) is 59.2 Å². The molecule has 0 bridgehead atoms. The second-order valence-electron chi connectivity index (χ2n) is 5.41. The number of benzene rings is 2. The molecule has 0 atom stereocenters. The van der Waals surface area contributed by atoms with Gasteiger partial charge in [0, 0.05) is 19.2 Å². The Bertz CT molecular complexity index is 748. The first-order chi connectivity index (χ1) is 11.6. The molecule has 0 N–H and O–H groups in total. The molecule has 0 saturated heterocycles. The van der Waals surface area contributed by atoms with E-state index in [4.69, 9.17) is 14.7 Å². The number of carbonyl (C=O) groups excluding carboxylic acids is 1. The van der Waals surface area contributed by atoms with Crippen molar-refractivity contribution in [2.75, 3.05) is 21.3 Å². The van der Waals surface area contributed by atoms with Crippen LogP contribution in [0.4, 0.5) is 0 Å². The lowest BCUT2D eigenvalue weighted by Gasteiger charge is -2.18. The molecule has 0 heterocycles. The largest absolute Gasteiger partial charge is 0.497 e. The van der Waals surface area contributed by atoms with Crippen LogP contribution in [-0.4, -0.2) is 32.1 Å². The third kappa shape index (κ3) is 4.26. The van der Waals surface area contributed by atoms with Gasteiger partial charge in [0.15, 0.2) is 0 Å². The quantitative estimate of drug-likeness (QED) is 0.820. The topological polar surface area (TPSA) is 62.6 Å². The zero-order valence-corrected chi connectivity index (χ0v) is 14.1. The van der Waals surface area contributed by atoms with Crippen molar-refractivity contribution in [3.8, 4) is 17.6 Å². The molecule has 124 valence electrons. The lowest BCUT2D eigenvalue weighted by Crippen LogP contribution is -2.27. The van der Waals surface area contributed by atoms with E-state index in [1.165, 1.54) is 0 Å². The first-order valence-corrected chi connectivity index (χ1v) is 7.51. The van der Waals surface area contributed by atoms with E-state index in [9.17, 15) is 4.79 Å². The molecule has 0 aliphatic heterocycles. The number of hydrogen-bond acceptors (Lipinski definition) is 4. The van der Waals surface area contributed by atoms with Crippen LogP contribution in [-0.2, 0) is 17.8 Å². The summed E-state index contributed by atoms with van der Waals surface area (Å²) < 4.78 is 10.5. The highest BCUT2D eigenvalue weighted by molar-refractivity contribution is 5.79. The van der Waals surface area contributed by atoms with Crippen molar-refractivity contribution in [1.29, 1.82) is 5.26 Å². The van der Waals surface area contributed by atoms with Gasteiger partial charge >= 0.3 is 0 Å². The molecule has 0 fully saturated rings. The summed E-state index contributed by atoms with van der Waals surface area (Å²) in [4.78, 5) is 14.1. The second-order valence-corrected chi connectivity index (χ2v) is 5.41. The van der Waals surface area contributed by atoms with Crippen LogP contribution in [0.15, 0.2) is 42.5 Å². The minimum Gasteiger partial charge on any atom is -0.497 e. The maximum atomic E-state index is 12.5. The molecule has 5 nitrogen and oxygen atoms in total. The van der Waals surface area contributed by atoms with Crippen molar-refractivity contribution in [3.63, 3.8) is 0 Å². The van der Waals surface area contributed by atoms with Gasteiger partial charge in [-0.15, -0.1) is 0 Å². The van der Waals surface area contributed by atoms with Crippen molar-refractivity contribution in [1.82, 2.24) is 4.90 Å². The minimum absolute atomic E-state index is 0.0223. The van der Waals surface area contributed by atoms with E-state index in [1.807, 2.05) is 18.2 Å². The van der Waals surface area contributed by atoms with Crippen molar-refractivity contribution in [2.45, 2.75) is 13.0 Å². The lowest BCUT2D eigenvalue weighted by atomic mass is 10.1. The Balaban J connectivity index is 2.07. The summed E-state index contributed by atoms with van der Waals surface area (Å²) in [5, 5.41) is 8.82. The van der Waals surface area contributed by atoms with Crippen LogP contribution in [0, 0.1) is 11.3 Å². The van der Waals surface area contributed by atoms with Crippen LogP contribution in [0.1, 0.15) is 16.7 Å². The van der Waals surface area contributed by atoms with Crippen molar-refractivity contribution < 1.29 is 14.3 Å².